The lowest BCUT2D eigenvalue weighted by atomic mass is 9.74. The van der Waals surface area contributed by atoms with Crippen LogP contribution >= 0.6 is 0 Å². The second kappa shape index (κ2) is 8.02. The molecule has 1 N–H and O–H groups in total. The quantitative estimate of drug-likeness (QED) is 0.704. The number of fused-ring (bicyclic) bond motifs is 1. The van der Waals surface area contributed by atoms with Crippen molar-refractivity contribution < 1.29 is 5.11 Å². The number of hydrogen-bond acceptors (Lipinski definition) is 4. The molecule has 1 aromatic carbocycles. The maximum atomic E-state index is 10.1. The van der Waals surface area contributed by atoms with Crippen LogP contribution in [0, 0.1) is 11.3 Å². The van der Waals surface area contributed by atoms with Crippen LogP contribution in [0.4, 0.5) is 0 Å². The minimum absolute atomic E-state index is 0.0378. The first-order valence-electron chi connectivity index (χ1n) is 10.3. The molecule has 1 aliphatic rings. The molecule has 1 atom stereocenters. The summed E-state index contributed by atoms with van der Waals surface area (Å²) in [4.78, 5) is 7.18. The zero-order chi connectivity index (χ0) is 19.6. The highest BCUT2D eigenvalue weighted by atomic mass is 16.3. The summed E-state index contributed by atoms with van der Waals surface area (Å²) in [5.74, 6) is 0.602. The van der Waals surface area contributed by atoms with Gasteiger partial charge in [0.15, 0.2) is 5.65 Å². The number of aromatic nitrogens is 3. The molecule has 1 aliphatic heterocycles. The van der Waals surface area contributed by atoms with Gasteiger partial charge in [0, 0.05) is 48.6 Å². The van der Waals surface area contributed by atoms with E-state index in [1.165, 1.54) is 0 Å². The van der Waals surface area contributed by atoms with Gasteiger partial charge in [-0.15, -0.1) is 0 Å². The summed E-state index contributed by atoms with van der Waals surface area (Å²) in [6.45, 7) is 7.65. The Balaban J connectivity index is 1.52. The molecule has 1 saturated heterocycles. The molecule has 28 heavy (non-hydrogen) atoms. The van der Waals surface area contributed by atoms with Gasteiger partial charge in [0.2, 0.25) is 0 Å². The molecule has 0 spiro atoms. The van der Waals surface area contributed by atoms with Gasteiger partial charge in [0.1, 0.15) is 0 Å². The molecule has 0 aliphatic carbocycles. The van der Waals surface area contributed by atoms with E-state index in [1.807, 2.05) is 35.1 Å². The molecule has 0 amide bonds. The van der Waals surface area contributed by atoms with Crippen LogP contribution in [0.25, 0.3) is 16.8 Å². The summed E-state index contributed by atoms with van der Waals surface area (Å²) in [5.41, 5.74) is 4.28. The van der Waals surface area contributed by atoms with Crippen LogP contribution < -0.4 is 0 Å². The molecule has 1 fully saturated rings. The molecule has 4 rings (SSSR count). The maximum Gasteiger partial charge on any atom is 0.162 e. The van der Waals surface area contributed by atoms with Gasteiger partial charge in [-0.05, 0) is 37.3 Å². The van der Waals surface area contributed by atoms with Gasteiger partial charge in [0.25, 0.3) is 0 Å². The highest BCUT2D eigenvalue weighted by molar-refractivity contribution is 5.76. The summed E-state index contributed by atoms with van der Waals surface area (Å²) in [6.07, 6.45) is 9.30. The van der Waals surface area contributed by atoms with E-state index in [1.54, 1.807) is 0 Å². The van der Waals surface area contributed by atoms with Gasteiger partial charge in [-0.1, -0.05) is 44.2 Å². The third-order valence-corrected chi connectivity index (χ3v) is 5.82. The molecule has 3 aromatic rings. The topological polar surface area (TPSA) is 53.7 Å². The predicted octanol–water partition coefficient (Wildman–Crippen LogP) is 4.02. The highest BCUT2D eigenvalue weighted by Gasteiger charge is 2.35. The molecule has 0 saturated carbocycles. The fourth-order valence-electron chi connectivity index (χ4n) is 4.75. The van der Waals surface area contributed by atoms with E-state index >= 15 is 0 Å². The van der Waals surface area contributed by atoms with Crippen LogP contribution in [0.5, 0.6) is 0 Å². The van der Waals surface area contributed by atoms with E-state index in [0.29, 0.717) is 5.92 Å². The minimum atomic E-state index is 0.0378. The number of nitrogens with zero attached hydrogens (tertiary/aromatic N) is 4. The predicted molar refractivity (Wildman–Crippen MR) is 112 cm³/mol. The monoisotopic (exact) mass is 378 g/mol. The maximum absolute atomic E-state index is 10.1. The van der Waals surface area contributed by atoms with Crippen LogP contribution in [0.3, 0.4) is 0 Å². The Labute approximate surface area is 167 Å². The van der Waals surface area contributed by atoms with E-state index in [4.69, 9.17) is 4.98 Å². The largest absolute Gasteiger partial charge is 0.396 e. The minimum Gasteiger partial charge on any atom is -0.396 e. The van der Waals surface area contributed by atoms with Crippen molar-refractivity contribution in [3.8, 4) is 11.1 Å². The van der Waals surface area contributed by atoms with Crippen molar-refractivity contribution in [1.82, 2.24) is 19.5 Å². The summed E-state index contributed by atoms with van der Waals surface area (Å²) < 4.78 is 1.88. The average molecular weight is 379 g/mol. The smallest absolute Gasteiger partial charge is 0.162 e. The van der Waals surface area contributed by atoms with Crippen LogP contribution in [0.1, 0.15) is 38.7 Å². The van der Waals surface area contributed by atoms with Crippen LogP contribution in [0.15, 0.2) is 48.9 Å². The lowest BCUT2D eigenvalue weighted by molar-refractivity contribution is 0.0132. The number of hydrogen-bond donors (Lipinski definition) is 1. The molecule has 0 radical (unpaired) electrons. The molecule has 1 unspecified atom stereocenters. The Morgan fingerprint density at radius 2 is 2.00 bits per heavy atom. The second-order valence-electron chi connectivity index (χ2n) is 8.72. The molecule has 5 heteroatoms. The van der Waals surface area contributed by atoms with Crippen LogP contribution in [-0.4, -0.2) is 44.3 Å². The Morgan fingerprint density at radius 3 is 2.75 bits per heavy atom. The highest BCUT2D eigenvalue weighted by Crippen LogP contribution is 2.36. The number of aliphatic hydroxyl groups is 1. The van der Waals surface area contributed by atoms with E-state index < -0.39 is 0 Å². The van der Waals surface area contributed by atoms with Crippen molar-refractivity contribution in [3.05, 3.63) is 54.5 Å². The Hall–Kier alpha value is -2.24. The summed E-state index contributed by atoms with van der Waals surface area (Å²) in [7, 11) is 0. The second-order valence-corrected chi connectivity index (χ2v) is 8.72. The van der Waals surface area contributed by atoms with Gasteiger partial charge in [-0.2, -0.15) is 5.10 Å². The lowest BCUT2D eigenvalue weighted by Crippen LogP contribution is -2.45. The van der Waals surface area contributed by atoms with Crippen molar-refractivity contribution in [2.24, 2.45) is 11.3 Å². The molecular formula is C23H30N4O. The fourth-order valence-corrected chi connectivity index (χ4v) is 4.75. The zero-order valence-electron chi connectivity index (χ0n) is 16.9. The standard InChI is InChI=1S/C23H30N4O/c1-18(2)11-23(17-28)9-6-10-26(16-23)14-19-12-24-22-21(13-25-27(22)15-19)20-7-4-3-5-8-20/h3-5,7-8,12-13,15,18,28H,6,9-11,14,16-17H2,1-2H3. The molecule has 148 valence electrons. The lowest BCUT2D eigenvalue weighted by Gasteiger charge is -2.43. The van der Waals surface area contributed by atoms with Crippen LogP contribution in [0.2, 0.25) is 0 Å². The van der Waals surface area contributed by atoms with Gasteiger partial charge in [-0.3, -0.25) is 4.90 Å². The Morgan fingerprint density at radius 1 is 1.18 bits per heavy atom. The molecule has 5 nitrogen and oxygen atoms in total. The van der Waals surface area contributed by atoms with Crippen molar-refractivity contribution in [1.29, 1.82) is 0 Å². The van der Waals surface area contributed by atoms with E-state index in [2.05, 4.69) is 42.2 Å². The van der Waals surface area contributed by atoms with E-state index in [-0.39, 0.29) is 12.0 Å². The van der Waals surface area contributed by atoms with Crippen LogP contribution in [-0.2, 0) is 6.54 Å². The summed E-state index contributed by atoms with van der Waals surface area (Å²) >= 11 is 0. The SMILES string of the molecule is CC(C)CC1(CO)CCCN(Cc2cnc3c(-c4ccccc4)cnn3c2)C1. The van der Waals surface area contributed by atoms with Gasteiger partial charge in [0.05, 0.1) is 6.20 Å². The van der Waals surface area contributed by atoms with E-state index in [9.17, 15) is 5.11 Å². The Bertz CT molecular complexity index is 921. The molecule has 2 aromatic heterocycles. The normalized spacial score (nSPS) is 20.9. The molecule has 0 bridgehead atoms. The van der Waals surface area contributed by atoms with Crippen molar-refractivity contribution in [3.63, 3.8) is 0 Å². The number of likely N-dealkylation sites (tertiary alicyclic amines) is 1. The third-order valence-electron chi connectivity index (χ3n) is 5.82. The molecular weight excluding hydrogens is 348 g/mol. The first-order valence-corrected chi connectivity index (χ1v) is 10.3. The number of aliphatic hydroxyl groups excluding tert-OH is 1. The first kappa shape index (κ1) is 19.1. The van der Waals surface area contributed by atoms with Gasteiger partial charge >= 0.3 is 0 Å². The van der Waals surface area contributed by atoms with Gasteiger partial charge < -0.3 is 5.11 Å². The first-order chi connectivity index (χ1) is 13.6. The summed E-state index contributed by atoms with van der Waals surface area (Å²) in [6, 6.07) is 10.3. The summed E-state index contributed by atoms with van der Waals surface area (Å²) in [5, 5.41) is 14.6. The van der Waals surface area contributed by atoms with Crippen molar-refractivity contribution >= 4 is 5.65 Å². The number of rotatable bonds is 6. The third kappa shape index (κ3) is 3.96. The fraction of sp³-hybridized carbons (Fsp3) is 0.478. The van der Waals surface area contributed by atoms with Gasteiger partial charge in [-0.25, -0.2) is 9.50 Å². The van der Waals surface area contributed by atoms with Crippen molar-refractivity contribution in [2.45, 2.75) is 39.7 Å². The van der Waals surface area contributed by atoms with E-state index in [0.717, 1.165) is 61.2 Å². The van der Waals surface area contributed by atoms with Crippen molar-refractivity contribution in [2.75, 3.05) is 19.7 Å². The molecule has 3 heterocycles. The average Bonchev–Trinajstić information content (AvgIpc) is 3.11. The zero-order valence-corrected chi connectivity index (χ0v) is 16.9. The Kier molecular flexibility index (Phi) is 5.47. The number of piperidine rings is 1. The number of benzene rings is 1.